The first-order chi connectivity index (χ1) is 4.79. The van der Waals surface area contributed by atoms with Crippen molar-refractivity contribution in [2.24, 2.45) is 11.7 Å². The second kappa shape index (κ2) is 3.56. The summed E-state index contributed by atoms with van der Waals surface area (Å²) in [4.78, 5) is 0. The van der Waals surface area contributed by atoms with Gasteiger partial charge in [0.25, 0.3) is 0 Å². The molecule has 0 aromatic heterocycles. The molecule has 0 radical (unpaired) electrons. The lowest BCUT2D eigenvalue weighted by atomic mass is 9.98. The van der Waals surface area contributed by atoms with E-state index in [9.17, 15) is 0 Å². The van der Waals surface area contributed by atoms with Crippen LogP contribution in [0.2, 0.25) is 0 Å². The third kappa shape index (κ3) is 2.35. The van der Waals surface area contributed by atoms with Crippen LogP contribution in [0.3, 0.4) is 0 Å². The van der Waals surface area contributed by atoms with E-state index >= 15 is 0 Å². The molecular weight excluding hydrogens is 128 g/mol. The number of nitrogens with two attached hydrogens (primary N) is 1. The maximum Gasteiger partial charge on any atom is 0.0908 e. The largest absolute Gasteiger partial charge is 0.388 e. The minimum Gasteiger partial charge on any atom is -0.388 e. The van der Waals surface area contributed by atoms with Crippen molar-refractivity contribution < 1.29 is 4.74 Å². The number of hydrogen-bond donors (Lipinski definition) is 2. The van der Waals surface area contributed by atoms with Crippen LogP contribution in [-0.2, 0) is 4.74 Å². The highest BCUT2D eigenvalue weighted by atomic mass is 16.5. The number of nitrogens with one attached hydrogen (secondary N) is 1. The summed E-state index contributed by atoms with van der Waals surface area (Å²) in [5.74, 6) is 0.793. The molecule has 1 fully saturated rings. The number of ether oxygens (including phenoxy) is 1. The third-order valence-corrected chi connectivity index (χ3v) is 1.76. The van der Waals surface area contributed by atoms with Crippen molar-refractivity contribution in [3.63, 3.8) is 0 Å². The van der Waals surface area contributed by atoms with E-state index in [1.54, 1.807) is 0 Å². The van der Waals surface area contributed by atoms with Crippen molar-refractivity contribution in [2.75, 3.05) is 13.2 Å². The van der Waals surface area contributed by atoms with E-state index in [1.165, 1.54) is 6.42 Å². The smallest absolute Gasteiger partial charge is 0.0908 e. The van der Waals surface area contributed by atoms with Crippen LogP contribution in [0.25, 0.3) is 0 Å². The van der Waals surface area contributed by atoms with Gasteiger partial charge < -0.3 is 10.5 Å². The molecule has 0 aromatic rings. The van der Waals surface area contributed by atoms with Crippen LogP contribution in [0.1, 0.15) is 19.3 Å². The molecule has 3 nitrogen and oxygen atoms in total. The number of hydrogen-bond acceptors (Lipinski definition) is 2. The van der Waals surface area contributed by atoms with E-state index in [0.29, 0.717) is 12.3 Å². The second-order valence-electron chi connectivity index (χ2n) is 2.81. The van der Waals surface area contributed by atoms with Crippen LogP contribution < -0.4 is 5.73 Å². The van der Waals surface area contributed by atoms with Gasteiger partial charge in [0.15, 0.2) is 0 Å². The highest BCUT2D eigenvalue weighted by Gasteiger charge is 2.13. The normalized spacial score (nSPS) is 26.2. The van der Waals surface area contributed by atoms with Gasteiger partial charge in [-0.1, -0.05) is 0 Å². The average Bonchev–Trinajstić information content (AvgIpc) is 1.88. The van der Waals surface area contributed by atoms with Crippen molar-refractivity contribution >= 4 is 5.84 Å². The fourth-order valence-corrected chi connectivity index (χ4v) is 1.28. The first-order valence-electron chi connectivity index (χ1n) is 3.69. The molecule has 1 rings (SSSR count). The molecule has 0 spiro atoms. The summed E-state index contributed by atoms with van der Waals surface area (Å²) in [5, 5.41) is 7.05. The van der Waals surface area contributed by atoms with Crippen LogP contribution in [0, 0.1) is 11.3 Å². The lowest BCUT2D eigenvalue weighted by molar-refractivity contribution is 0.0573. The zero-order valence-corrected chi connectivity index (χ0v) is 6.10. The Balaban J connectivity index is 2.19. The second-order valence-corrected chi connectivity index (χ2v) is 2.81. The molecule has 3 N–H and O–H groups in total. The van der Waals surface area contributed by atoms with Gasteiger partial charge in [-0.25, -0.2) is 0 Å². The van der Waals surface area contributed by atoms with Gasteiger partial charge in [0.05, 0.1) is 5.84 Å². The quantitative estimate of drug-likeness (QED) is 0.441. The van der Waals surface area contributed by atoms with E-state index in [1.807, 2.05) is 0 Å². The molecule has 1 atom stereocenters. The Bertz CT molecular complexity index is 119. The van der Waals surface area contributed by atoms with Gasteiger partial charge in [-0.3, -0.25) is 5.41 Å². The summed E-state index contributed by atoms with van der Waals surface area (Å²) in [6.45, 7) is 1.67. The predicted octanol–water partition coefficient (Wildman–Crippen LogP) is 0.739. The van der Waals surface area contributed by atoms with Gasteiger partial charge in [-0.15, -0.1) is 0 Å². The first-order valence-corrected chi connectivity index (χ1v) is 3.69. The van der Waals surface area contributed by atoms with Crippen molar-refractivity contribution in [2.45, 2.75) is 19.3 Å². The Hall–Kier alpha value is -0.570. The van der Waals surface area contributed by atoms with E-state index in [4.69, 9.17) is 15.9 Å². The molecule has 0 amide bonds. The van der Waals surface area contributed by atoms with Crippen molar-refractivity contribution in [3.8, 4) is 0 Å². The topological polar surface area (TPSA) is 59.1 Å². The summed E-state index contributed by atoms with van der Waals surface area (Å²) in [6.07, 6.45) is 3.00. The lowest BCUT2D eigenvalue weighted by Gasteiger charge is -2.20. The summed E-state index contributed by atoms with van der Waals surface area (Å²) < 4.78 is 5.23. The maximum absolute atomic E-state index is 7.05. The molecular formula is C7H14N2O. The Morgan fingerprint density at radius 1 is 1.70 bits per heavy atom. The third-order valence-electron chi connectivity index (χ3n) is 1.76. The van der Waals surface area contributed by atoms with Crippen LogP contribution in [0.5, 0.6) is 0 Å². The Kier molecular flexibility index (Phi) is 2.68. The van der Waals surface area contributed by atoms with Gasteiger partial charge in [-0.05, 0) is 18.8 Å². The lowest BCUT2D eigenvalue weighted by Crippen LogP contribution is -2.23. The zero-order chi connectivity index (χ0) is 7.40. The van der Waals surface area contributed by atoms with Crippen LogP contribution in [-0.4, -0.2) is 19.0 Å². The average molecular weight is 142 g/mol. The summed E-state index contributed by atoms with van der Waals surface area (Å²) in [6, 6.07) is 0. The van der Waals surface area contributed by atoms with Crippen LogP contribution in [0.15, 0.2) is 0 Å². The Morgan fingerprint density at radius 2 is 2.50 bits per heavy atom. The Morgan fingerprint density at radius 3 is 3.00 bits per heavy atom. The monoisotopic (exact) mass is 142 g/mol. The SMILES string of the molecule is N=C(N)CC1CCCOC1. The van der Waals surface area contributed by atoms with E-state index in [2.05, 4.69) is 0 Å². The van der Waals surface area contributed by atoms with Gasteiger partial charge in [0.1, 0.15) is 0 Å². The van der Waals surface area contributed by atoms with Gasteiger partial charge in [0.2, 0.25) is 0 Å². The zero-order valence-electron chi connectivity index (χ0n) is 6.10. The van der Waals surface area contributed by atoms with Crippen molar-refractivity contribution in [3.05, 3.63) is 0 Å². The van der Waals surface area contributed by atoms with Crippen molar-refractivity contribution in [1.82, 2.24) is 0 Å². The standard InChI is InChI=1S/C7H14N2O/c8-7(9)4-6-2-1-3-10-5-6/h6H,1-5H2,(H3,8,9). The van der Waals surface area contributed by atoms with E-state index < -0.39 is 0 Å². The summed E-state index contributed by atoms with van der Waals surface area (Å²) in [7, 11) is 0. The minimum atomic E-state index is 0.288. The Labute approximate surface area is 61.1 Å². The fourth-order valence-electron chi connectivity index (χ4n) is 1.28. The van der Waals surface area contributed by atoms with Gasteiger partial charge in [0, 0.05) is 19.6 Å². The highest BCUT2D eigenvalue weighted by molar-refractivity contribution is 5.77. The molecule has 1 aliphatic rings. The van der Waals surface area contributed by atoms with Crippen LogP contribution in [0.4, 0.5) is 0 Å². The van der Waals surface area contributed by atoms with Crippen LogP contribution >= 0.6 is 0 Å². The maximum atomic E-state index is 7.05. The van der Waals surface area contributed by atoms with Gasteiger partial charge in [-0.2, -0.15) is 0 Å². The van der Waals surface area contributed by atoms with Gasteiger partial charge >= 0.3 is 0 Å². The highest BCUT2D eigenvalue weighted by Crippen LogP contribution is 2.16. The number of rotatable bonds is 2. The molecule has 0 aliphatic carbocycles. The summed E-state index contributed by atoms with van der Waals surface area (Å²) >= 11 is 0. The molecule has 10 heavy (non-hydrogen) atoms. The molecule has 0 saturated carbocycles. The van der Waals surface area contributed by atoms with E-state index in [0.717, 1.165) is 19.6 Å². The van der Waals surface area contributed by atoms with Crippen molar-refractivity contribution in [1.29, 1.82) is 5.41 Å². The molecule has 1 saturated heterocycles. The molecule has 3 heteroatoms. The fraction of sp³-hybridized carbons (Fsp3) is 0.857. The summed E-state index contributed by atoms with van der Waals surface area (Å²) in [5.41, 5.74) is 5.25. The minimum absolute atomic E-state index is 0.288. The molecule has 1 aliphatic heterocycles. The first kappa shape index (κ1) is 7.54. The number of amidine groups is 1. The molecule has 58 valence electrons. The predicted molar refractivity (Wildman–Crippen MR) is 40.1 cm³/mol. The molecule has 1 heterocycles. The molecule has 0 bridgehead atoms. The molecule has 0 aromatic carbocycles. The van der Waals surface area contributed by atoms with E-state index in [-0.39, 0.29) is 5.84 Å². The molecule has 1 unspecified atom stereocenters.